The zero-order chi connectivity index (χ0) is 27.4. The number of piperidine rings is 1. The van der Waals surface area contributed by atoms with Crippen LogP contribution in [-0.2, 0) is 19.2 Å². The summed E-state index contributed by atoms with van der Waals surface area (Å²) < 4.78 is 0. The molecule has 4 rings (SSSR count). The number of hydrogen-bond donors (Lipinski definition) is 3. The highest BCUT2D eigenvalue weighted by Crippen LogP contribution is 2.65. The predicted octanol–water partition coefficient (Wildman–Crippen LogP) is 1.53. The highest BCUT2D eigenvalue weighted by molar-refractivity contribution is 5.94. The summed E-state index contributed by atoms with van der Waals surface area (Å²) in [7, 11) is 0. The van der Waals surface area contributed by atoms with Gasteiger partial charge in [0.15, 0.2) is 6.10 Å². The van der Waals surface area contributed by atoms with Gasteiger partial charge < -0.3 is 25.5 Å². The first-order valence-corrected chi connectivity index (χ1v) is 14.0. The Bertz CT molecular complexity index is 933. The minimum atomic E-state index is -1.29. The third-order valence-electron chi connectivity index (χ3n) is 9.10. The second-order valence-electron chi connectivity index (χ2n) is 13.8. The molecule has 0 spiro atoms. The number of nitrogens with one attached hydrogen (secondary N) is 2. The number of likely N-dealkylation sites (tertiary alicyclic amines) is 2. The quantitative estimate of drug-likeness (QED) is 0.428. The number of hydrogen-bond acceptors (Lipinski definition) is 5. The maximum absolute atomic E-state index is 13.9. The fraction of sp³-hybridized carbons (Fsp3) is 0.857. The summed E-state index contributed by atoms with van der Waals surface area (Å²) in [6.07, 6.45) is 2.26. The molecule has 2 aliphatic carbocycles. The normalized spacial score (nSPS) is 28.6. The second-order valence-corrected chi connectivity index (χ2v) is 13.8. The van der Waals surface area contributed by atoms with Crippen LogP contribution in [0.25, 0.3) is 0 Å². The van der Waals surface area contributed by atoms with Crippen LogP contribution in [0.5, 0.6) is 0 Å². The molecule has 3 N–H and O–H groups in total. The maximum Gasteiger partial charge on any atom is 0.253 e. The molecule has 9 heteroatoms. The number of aliphatic hydroxyl groups is 1. The fourth-order valence-corrected chi connectivity index (χ4v) is 6.08. The summed E-state index contributed by atoms with van der Waals surface area (Å²) in [5.74, 6) is -0.758. The van der Waals surface area contributed by atoms with E-state index < -0.39 is 29.6 Å². The SMILES string of the molecule is CC(C)C(=O)N[C@H](C(=O)N1C[C@H]2C(C1C(=O)NC(CC1CC1)C(O)C(=O)N1CCC1)C2(C)C)C(C)(C)C. The molecule has 2 heterocycles. The van der Waals surface area contributed by atoms with Gasteiger partial charge in [0.25, 0.3) is 5.91 Å². The number of carbonyl (C=O) groups excluding carboxylic acids is 4. The lowest BCUT2D eigenvalue weighted by Crippen LogP contribution is -2.61. The number of aliphatic hydroxyl groups excluding tert-OH is 1. The standard InChI is InChI=1S/C28H46N4O5/c1-15(2)23(34)30-22(27(3,4)5)26(37)32-14-17-19(28(17,6)7)20(32)24(35)29-18(13-16-9-10-16)21(33)25(36)31-11-8-12-31/h15-22,33H,8-14H2,1-7H3,(H,29,35)(H,30,34)/t17-,18?,19?,20?,21?,22+/m0/s1. The van der Waals surface area contributed by atoms with Gasteiger partial charge in [0.2, 0.25) is 17.7 Å². The highest BCUT2D eigenvalue weighted by Gasteiger charge is 2.70. The van der Waals surface area contributed by atoms with Crippen molar-refractivity contribution in [1.82, 2.24) is 20.4 Å². The minimum absolute atomic E-state index is 0.00247. The summed E-state index contributed by atoms with van der Waals surface area (Å²) in [4.78, 5) is 56.4. The molecule has 2 aliphatic heterocycles. The van der Waals surface area contributed by atoms with E-state index in [1.165, 1.54) is 0 Å². The highest BCUT2D eigenvalue weighted by atomic mass is 16.3. The number of carbonyl (C=O) groups is 4. The van der Waals surface area contributed by atoms with Gasteiger partial charge in [-0.1, -0.05) is 61.3 Å². The summed E-state index contributed by atoms with van der Waals surface area (Å²) in [5.41, 5.74) is -0.617. The molecule has 4 amide bonds. The second kappa shape index (κ2) is 9.86. The molecule has 2 saturated heterocycles. The topological polar surface area (TPSA) is 119 Å². The van der Waals surface area contributed by atoms with Gasteiger partial charge in [-0.05, 0) is 41.4 Å². The molecule has 0 radical (unpaired) electrons. The molecule has 4 unspecified atom stereocenters. The first kappa shape index (κ1) is 27.9. The summed E-state index contributed by atoms with van der Waals surface area (Å²) in [6, 6.07) is -2.13. The number of rotatable bonds is 9. The molecule has 208 valence electrons. The van der Waals surface area contributed by atoms with Crippen molar-refractivity contribution < 1.29 is 24.3 Å². The molecule has 0 bridgehead atoms. The molecular weight excluding hydrogens is 472 g/mol. The lowest BCUT2D eigenvalue weighted by molar-refractivity contribution is -0.148. The van der Waals surface area contributed by atoms with Gasteiger partial charge in [0.1, 0.15) is 12.1 Å². The number of amides is 4. The average Bonchev–Trinajstić information content (AvgIpc) is 3.61. The van der Waals surface area contributed by atoms with Gasteiger partial charge in [-0.25, -0.2) is 0 Å². The molecule has 2 saturated carbocycles. The zero-order valence-corrected chi connectivity index (χ0v) is 23.5. The van der Waals surface area contributed by atoms with Crippen molar-refractivity contribution >= 4 is 23.6 Å². The van der Waals surface area contributed by atoms with Crippen LogP contribution in [0.2, 0.25) is 0 Å². The maximum atomic E-state index is 13.9. The summed E-state index contributed by atoms with van der Waals surface area (Å²) in [5, 5.41) is 16.9. The Morgan fingerprint density at radius 3 is 2.14 bits per heavy atom. The summed E-state index contributed by atoms with van der Waals surface area (Å²) in [6.45, 7) is 15.3. The van der Waals surface area contributed by atoms with Gasteiger partial charge in [0, 0.05) is 25.6 Å². The van der Waals surface area contributed by atoms with Crippen molar-refractivity contribution in [3.63, 3.8) is 0 Å². The van der Waals surface area contributed by atoms with Crippen LogP contribution >= 0.6 is 0 Å². The Balaban J connectivity index is 1.54. The Hall–Kier alpha value is -2.16. The van der Waals surface area contributed by atoms with Crippen LogP contribution < -0.4 is 10.6 Å². The van der Waals surface area contributed by atoms with E-state index in [4.69, 9.17) is 0 Å². The monoisotopic (exact) mass is 518 g/mol. The molecular formula is C28H46N4O5. The smallest absolute Gasteiger partial charge is 0.253 e. The van der Waals surface area contributed by atoms with E-state index in [9.17, 15) is 24.3 Å². The van der Waals surface area contributed by atoms with Gasteiger partial charge >= 0.3 is 0 Å². The predicted molar refractivity (Wildman–Crippen MR) is 139 cm³/mol. The lowest BCUT2D eigenvalue weighted by atomic mass is 9.84. The molecule has 0 aromatic heterocycles. The van der Waals surface area contributed by atoms with E-state index in [0.29, 0.717) is 32.0 Å². The van der Waals surface area contributed by atoms with Crippen LogP contribution in [0, 0.1) is 34.5 Å². The third kappa shape index (κ3) is 5.52. The Kier molecular flexibility index (Phi) is 7.42. The van der Waals surface area contributed by atoms with Crippen LogP contribution in [0.1, 0.15) is 74.1 Å². The van der Waals surface area contributed by atoms with E-state index in [1.54, 1.807) is 23.6 Å². The minimum Gasteiger partial charge on any atom is -0.381 e. The van der Waals surface area contributed by atoms with Crippen molar-refractivity contribution in [3.05, 3.63) is 0 Å². The zero-order valence-electron chi connectivity index (χ0n) is 23.5. The van der Waals surface area contributed by atoms with Gasteiger partial charge in [-0.15, -0.1) is 0 Å². The molecule has 9 nitrogen and oxygen atoms in total. The van der Waals surface area contributed by atoms with Crippen molar-refractivity contribution in [2.24, 2.45) is 34.5 Å². The van der Waals surface area contributed by atoms with Crippen molar-refractivity contribution in [3.8, 4) is 0 Å². The number of nitrogens with zero attached hydrogens (tertiary/aromatic N) is 2. The van der Waals surface area contributed by atoms with E-state index in [2.05, 4.69) is 24.5 Å². The molecule has 0 aromatic carbocycles. The first-order chi connectivity index (χ1) is 17.1. The van der Waals surface area contributed by atoms with Crippen LogP contribution in [0.3, 0.4) is 0 Å². The Labute approximate surface area is 221 Å². The molecule has 6 atom stereocenters. The van der Waals surface area contributed by atoms with Crippen molar-refractivity contribution in [2.45, 2.75) is 98.4 Å². The van der Waals surface area contributed by atoms with Crippen LogP contribution in [-0.4, -0.2) is 82.4 Å². The van der Waals surface area contributed by atoms with E-state index in [0.717, 1.165) is 19.3 Å². The Morgan fingerprint density at radius 2 is 1.65 bits per heavy atom. The first-order valence-electron chi connectivity index (χ1n) is 14.0. The van der Waals surface area contributed by atoms with E-state index >= 15 is 0 Å². The van der Waals surface area contributed by atoms with Gasteiger partial charge in [-0.2, -0.15) is 0 Å². The van der Waals surface area contributed by atoms with Gasteiger partial charge in [0.05, 0.1) is 6.04 Å². The van der Waals surface area contributed by atoms with Crippen molar-refractivity contribution in [1.29, 1.82) is 0 Å². The van der Waals surface area contributed by atoms with Gasteiger partial charge in [-0.3, -0.25) is 19.2 Å². The fourth-order valence-electron chi connectivity index (χ4n) is 6.08. The summed E-state index contributed by atoms with van der Waals surface area (Å²) >= 11 is 0. The van der Waals surface area contributed by atoms with E-state index in [1.807, 2.05) is 20.8 Å². The molecule has 4 aliphatic rings. The average molecular weight is 519 g/mol. The molecule has 0 aromatic rings. The Morgan fingerprint density at radius 1 is 1.03 bits per heavy atom. The largest absolute Gasteiger partial charge is 0.381 e. The van der Waals surface area contributed by atoms with Crippen molar-refractivity contribution in [2.75, 3.05) is 19.6 Å². The van der Waals surface area contributed by atoms with Crippen LogP contribution in [0.4, 0.5) is 0 Å². The third-order valence-corrected chi connectivity index (χ3v) is 9.10. The van der Waals surface area contributed by atoms with Crippen LogP contribution in [0.15, 0.2) is 0 Å². The molecule has 37 heavy (non-hydrogen) atoms. The molecule has 4 fully saturated rings. The number of fused-ring (bicyclic) bond motifs is 1. The lowest BCUT2D eigenvalue weighted by Gasteiger charge is -2.39. The van der Waals surface area contributed by atoms with E-state index in [-0.39, 0.29) is 46.8 Å².